The number of nitrogens with zero attached hydrogens (tertiary/aromatic N) is 3. The van der Waals surface area contributed by atoms with Gasteiger partial charge in [-0.2, -0.15) is 4.31 Å². The van der Waals surface area contributed by atoms with E-state index < -0.39 is 40.9 Å². The molecule has 8 nitrogen and oxygen atoms in total. The van der Waals surface area contributed by atoms with Crippen molar-refractivity contribution in [3.8, 4) is 0 Å². The number of halogens is 3. The fraction of sp³-hybridized carbons (Fsp3) is 0.364. The summed E-state index contributed by atoms with van der Waals surface area (Å²) >= 11 is 12.0. The summed E-state index contributed by atoms with van der Waals surface area (Å²) in [4.78, 5) is 27.8. The number of benzene rings is 2. The summed E-state index contributed by atoms with van der Waals surface area (Å²) < 4.78 is 47.1. The maximum atomic E-state index is 14.5. The van der Waals surface area contributed by atoms with Crippen LogP contribution >= 0.6 is 23.2 Å². The van der Waals surface area contributed by atoms with E-state index in [1.807, 2.05) is 0 Å². The lowest BCUT2D eigenvalue weighted by molar-refractivity contribution is -0.133. The lowest BCUT2D eigenvalue weighted by atomic mass is 10.2. The number of piperazine rings is 1. The van der Waals surface area contributed by atoms with E-state index in [-0.39, 0.29) is 48.3 Å². The molecule has 0 N–H and O–H groups in total. The minimum atomic E-state index is -4.20. The Hall–Kier alpha value is -2.40. The van der Waals surface area contributed by atoms with Crippen molar-refractivity contribution in [1.82, 2.24) is 14.1 Å². The minimum absolute atomic E-state index is 0.0402. The van der Waals surface area contributed by atoms with Crippen molar-refractivity contribution in [1.29, 1.82) is 0 Å². The number of carbonyl (C=O) groups is 2. The molecule has 1 saturated heterocycles. The average Bonchev–Trinajstić information content (AvgIpc) is 2.81. The molecule has 1 heterocycles. The monoisotopic (exact) mass is 531 g/mol. The number of ether oxygens (including phenoxy) is 1. The van der Waals surface area contributed by atoms with Crippen LogP contribution in [0.3, 0.4) is 0 Å². The molecular weight excluding hydrogens is 508 g/mol. The van der Waals surface area contributed by atoms with Crippen LogP contribution in [0.15, 0.2) is 47.4 Å². The van der Waals surface area contributed by atoms with Crippen LogP contribution in [-0.2, 0) is 26.1 Å². The Morgan fingerprint density at radius 1 is 1.03 bits per heavy atom. The van der Waals surface area contributed by atoms with Crippen LogP contribution in [0, 0.1) is 5.82 Å². The van der Waals surface area contributed by atoms with Crippen LogP contribution in [0.1, 0.15) is 12.5 Å². The van der Waals surface area contributed by atoms with Crippen molar-refractivity contribution < 1.29 is 27.1 Å². The van der Waals surface area contributed by atoms with Gasteiger partial charge in [-0.3, -0.25) is 4.79 Å². The number of sulfonamides is 1. The molecule has 1 aliphatic heterocycles. The van der Waals surface area contributed by atoms with Crippen LogP contribution in [0.5, 0.6) is 0 Å². The zero-order valence-electron chi connectivity index (χ0n) is 18.4. The maximum Gasteiger partial charge on any atom is 0.409 e. The second-order valence-corrected chi connectivity index (χ2v) is 10.3. The molecule has 0 radical (unpaired) electrons. The predicted octanol–water partition coefficient (Wildman–Crippen LogP) is 3.62. The van der Waals surface area contributed by atoms with Gasteiger partial charge in [0.25, 0.3) is 0 Å². The van der Waals surface area contributed by atoms with E-state index in [4.69, 9.17) is 27.9 Å². The van der Waals surface area contributed by atoms with E-state index in [0.29, 0.717) is 5.02 Å². The van der Waals surface area contributed by atoms with E-state index in [2.05, 4.69) is 0 Å². The van der Waals surface area contributed by atoms with E-state index in [9.17, 15) is 22.4 Å². The minimum Gasteiger partial charge on any atom is -0.450 e. The van der Waals surface area contributed by atoms with Crippen LogP contribution in [0.25, 0.3) is 0 Å². The van der Waals surface area contributed by atoms with Crippen LogP contribution in [0.2, 0.25) is 10.0 Å². The highest BCUT2D eigenvalue weighted by Gasteiger charge is 2.32. The lowest BCUT2D eigenvalue weighted by Gasteiger charge is -2.35. The third-order valence-electron chi connectivity index (χ3n) is 5.32. The zero-order chi connectivity index (χ0) is 24.9. The fourth-order valence-electron chi connectivity index (χ4n) is 3.45. The first-order valence-electron chi connectivity index (χ1n) is 10.5. The summed E-state index contributed by atoms with van der Waals surface area (Å²) in [6.45, 7) is 1.92. The molecule has 184 valence electrons. The number of hydrogen-bond acceptors (Lipinski definition) is 5. The van der Waals surface area contributed by atoms with Crippen molar-refractivity contribution in [3.63, 3.8) is 0 Å². The largest absolute Gasteiger partial charge is 0.450 e. The van der Waals surface area contributed by atoms with Gasteiger partial charge < -0.3 is 14.5 Å². The molecule has 0 saturated carbocycles. The molecule has 2 aromatic rings. The Kier molecular flexibility index (Phi) is 8.75. The molecular formula is C22H24Cl2FN3O5S. The van der Waals surface area contributed by atoms with Gasteiger partial charge in [0, 0.05) is 48.3 Å². The summed E-state index contributed by atoms with van der Waals surface area (Å²) in [7, 11) is -4.20. The summed E-state index contributed by atoms with van der Waals surface area (Å²) in [6.07, 6.45) is -0.462. The summed E-state index contributed by atoms with van der Waals surface area (Å²) in [5, 5.41) is 0.394. The highest BCUT2D eigenvalue weighted by molar-refractivity contribution is 7.89. The molecule has 1 fully saturated rings. The first-order chi connectivity index (χ1) is 16.1. The molecule has 2 aromatic carbocycles. The first-order valence-corrected chi connectivity index (χ1v) is 12.7. The molecule has 12 heteroatoms. The number of hydrogen-bond donors (Lipinski definition) is 0. The molecule has 0 atom stereocenters. The number of amides is 2. The van der Waals surface area contributed by atoms with Gasteiger partial charge in [0.2, 0.25) is 15.9 Å². The molecule has 0 bridgehead atoms. The second kappa shape index (κ2) is 11.4. The molecule has 0 spiro atoms. The third kappa shape index (κ3) is 6.18. The maximum absolute atomic E-state index is 14.5. The van der Waals surface area contributed by atoms with Crippen LogP contribution in [-0.4, -0.2) is 73.9 Å². The molecule has 3 rings (SSSR count). The molecule has 0 aliphatic carbocycles. The van der Waals surface area contributed by atoms with Gasteiger partial charge in [0.1, 0.15) is 5.82 Å². The number of carbonyl (C=O) groups excluding carboxylic acids is 2. The average molecular weight is 532 g/mol. The summed E-state index contributed by atoms with van der Waals surface area (Å²) in [5.74, 6) is -1.16. The Labute approximate surface area is 207 Å². The normalized spacial score (nSPS) is 14.4. The van der Waals surface area contributed by atoms with Crippen molar-refractivity contribution in [2.24, 2.45) is 0 Å². The molecule has 0 unspecified atom stereocenters. The van der Waals surface area contributed by atoms with Gasteiger partial charge in [-0.1, -0.05) is 29.3 Å². The lowest BCUT2D eigenvalue weighted by Crippen LogP contribution is -2.53. The highest BCUT2D eigenvalue weighted by Crippen LogP contribution is 2.25. The van der Waals surface area contributed by atoms with Crippen molar-refractivity contribution >= 4 is 45.2 Å². The molecule has 34 heavy (non-hydrogen) atoms. The van der Waals surface area contributed by atoms with Crippen LogP contribution < -0.4 is 0 Å². The smallest absolute Gasteiger partial charge is 0.409 e. The molecule has 1 aliphatic rings. The van der Waals surface area contributed by atoms with Crippen molar-refractivity contribution in [2.45, 2.75) is 18.4 Å². The quantitative estimate of drug-likeness (QED) is 0.544. The van der Waals surface area contributed by atoms with Crippen LogP contribution in [0.4, 0.5) is 9.18 Å². The van der Waals surface area contributed by atoms with E-state index in [1.165, 1.54) is 52.3 Å². The van der Waals surface area contributed by atoms with Crippen molar-refractivity contribution in [2.75, 3.05) is 39.3 Å². The first kappa shape index (κ1) is 26.2. The standard InChI is InChI=1S/C22H24Cl2FN3O5S/c1-2-33-22(30)27-12-10-26(11-13-27)21(29)15-28(14-18-19(24)4-3-5-20(18)25)34(31,32)17-8-6-16(23)7-9-17/h3-9H,2,10-15H2,1H3. The Morgan fingerprint density at radius 3 is 2.24 bits per heavy atom. The topological polar surface area (TPSA) is 87.2 Å². The van der Waals surface area contributed by atoms with Gasteiger partial charge in [-0.15, -0.1) is 0 Å². The molecule has 0 aromatic heterocycles. The van der Waals surface area contributed by atoms with Gasteiger partial charge in [-0.05, 0) is 43.3 Å². The Balaban J connectivity index is 1.82. The summed E-state index contributed by atoms with van der Waals surface area (Å²) in [6, 6.07) is 9.49. The third-order valence-corrected chi connectivity index (χ3v) is 7.73. The zero-order valence-corrected chi connectivity index (χ0v) is 20.7. The van der Waals surface area contributed by atoms with Crippen molar-refractivity contribution in [3.05, 3.63) is 63.9 Å². The predicted molar refractivity (Wildman–Crippen MR) is 126 cm³/mol. The van der Waals surface area contributed by atoms with Gasteiger partial charge in [0.15, 0.2) is 0 Å². The molecule has 2 amide bonds. The van der Waals surface area contributed by atoms with E-state index in [0.717, 1.165) is 4.31 Å². The fourth-order valence-corrected chi connectivity index (χ4v) is 5.15. The number of rotatable bonds is 7. The van der Waals surface area contributed by atoms with E-state index in [1.54, 1.807) is 6.92 Å². The van der Waals surface area contributed by atoms with Gasteiger partial charge in [-0.25, -0.2) is 17.6 Å². The van der Waals surface area contributed by atoms with Gasteiger partial charge >= 0.3 is 6.09 Å². The summed E-state index contributed by atoms with van der Waals surface area (Å²) in [5.41, 5.74) is -0.0402. The van der Waals surface area contributed by atoms with E-state index >= 15 is 0 Å². The second-order valence-electron chi connectivity index (χ2n) is 7.49. The highest BCUT2D eigenvalue weighted by atomic mass is 35.5. The Bertz CT molecular complexity index is 1120. The Morgan fingerprint density at radius 2 is 1.65 bits per heavy atom. The van der Waals surface area contributed by atoms with Gasteiger partial charge in [0.05, 0.1) is 18.0 Å². The SMILES string of the molecule is CCOC(=O)N1CCN(C(=O)CN(Cc2c(F)cccc2Cl)S(=O)(=O)c2ccc(Cl)cc2)CC1.